The largest absolute Gasteiger partial charge is 0.369 e. The van der Waals surface area contributed by atoms with Gasteiger partial charge in [-0.15, -0.1) is 0 Å². The minimum absolute atomic E-state index is 0.991. The highest BCUT2D eigenvalue weighted by molar-refractivity contribution is 5.31. The summed E-state index contributed by atoms with van der Waals surface area (Å²) in [5.74, 6) is 0.991. The molecule has 1 heterocycles. The summed E-state index contributed by atoms with van der Waals surface area (Å²) in [5.41, 5.74) is 0. The fourth-order valence-corrected chi connectivity index (χ4v) is 1.06. The lowest BCUT2D eigenvalue weighted by Crippen LogP contribution is -2.02. The van der Waals surface area contributed by atoms with Crippen molar-refractivity contribution in [2.45, 2.75) is 33.2 Å². The molecule has 0 aromatic carbocycles. The van der Waals surface area contributed by atoms with Crippen molar-refractivity contribution >= 4 is 5.82 Å². The van der Waals surface area contributed by atoms with Crippen LogP contribution in [0.2, 0.25) is 0 Å². The number of aryl methyl sites for hydroxylation is 1. The third-order valence-electron chi connectivity index (χ3n) is 1.65. The van der Waals surface area contributed by atoms with Gasteiger partial charge in [-0.25, -0.2) is 0 Å². The van der Waals surface area contributed by atoms with Gasteiger partial charge in [-0.3, -0.25) is 4.68 Å². The van der Waals surface area contributed by atoms with Crippen molar-refractivity contribution in [1.29, 1.82) is 0 Å². The van der Waals surface area contributed by atoms with Gasteiger partial charge in [0.25, 0.3) is 0 Å². The summed E-state index contributed by atoms with van der Waals surface area (Å²) >= 11 is 0. The minimum Gasteiger partial charge on any atom is -0.369 e. The monoisotopic (exact) mass is 167 g/mol. The van der Waals surface area contributed by atoms with Crippen LogP contribution in [0.15, 0.2) is 12.3 Å². The minimum atomic E-state index is 0.991. The van der Waals surface area contributed by atoms with Crippen LogP contribution in [0, 0.1) is 0 Å². The molecule has 0 saturated carbocycles. The summed E-state index contributed by atoms with van der Waals surface area (Å²) in [6.07, 6.45) is 4.29. The zero-order valence-electron chi connectivity index (χ0n) is 7.88. The molecule has 0 aliphatic rings. The standard InChI is InChI=1S/C9H17N3/c1-3-6-10-9-5-8-12(11-9)7-4-2/h5,8H,3-4,6-7H2,1-2H3,(H,10,11). The molecular weight excluding hydrogens is 150 g/mol. The van der Waals surface area contributed by atoms with Crippen molar-refractivity contribution in [3.63, 3.8) is 0 Å². The van der Waals surface area contributed by atoms with Crippen LogP contribution in [0.3, 0.4) is 0 Å². The molecule has 0 atom stereocenters. The maximum absolute atomic E-state index is 4.34. The smallest absolute Gasteiger partial charge is 0.147 e. The number of nitrogens with one attached hydrogen (secondary N) is 1. The molecule has 3 heteroatoms. The van der Waals surface area contributed by atoms with Crippen LogP contribution >= 0.6 is 0 Å². The van der Waals surface area contributed by atoms with Gasteiger partial charge in [0.05, 0.1) is 0 Å². The van der Waals surface area contributed by atoms with Crippen molar-refractivity contribution in [2.24, 2.45) is 0 Å². The molecule has 0 unspecified atom stereocenters. The molecular formula is C9H17N3. The van der Waals surface area contributed by atoms with E-state index < -0.39 is 0 Å². The van der Waals surface area contributed by atoms with E-state index in [9.17, 15) is 0 Å². The van der Waals surface area contributed by atoms with Crippen LogP contribution in [-0.4, -0.2) is 16.3 Å². The van der Waals surface area contributed by atoms with Crippen molar-refractivity contribution in [3.05, 3.63) is 12.3 Å². The van der Waals surface area contributed by atoms with Gasteiger partial charge in [-0.1, -0.05) is 13.8 Å². The van der Waals surface area contributed by atoms with E-state index in [-0.39, 0.29) is 0 Å². The van der Waals surface area contributed by atoms with E-state index in [1.807, 2.05) is 16.9 Å². The Morgan fingerprint density at radius 1 is 1.42 bits per heavy atom. The molecule has 0 aliphatic carbocycles. The first-order valence-electron chi connectivity index (χ1n) is 4.64. The number of hydrogen-bond donors (Lipinski definition) is 1. The molecule has 0 saturated heterocycles. The molecule has 0 aliphatic heterocycles. The van der Waals surface area contributed by atoms with E-state index in [4.69, 9.17) is 0 Å². The lowest BCUT2D eigenvalue weighted by Gasteiger charge is -1.99. The quantitative estimate of drug-likeness (QED) is 0.728. The van der Waals surface area contributed by atoms with Gasteiger partial charge in [0.15, 0.2) is 0 Å². The highest BCUT2D eigenvalue weighted by Gasteiger charge is 1.94. The average molecular weight is 167 g/mol. The van der Waals surface area contributed by atoms with Crippen LogP contribution in [-0.2, 0) is 6.54 Å². The number of hydrogen-bond acceptors (Lipinski definition) is 2. The van der Waals surface area contributed by atoms with Crippen LogP contribution in [0.25, 0.3) is 0 Å². The van der Waals surface area contributed by atoms with E-state index in [1.54, 1.807) is 0 Å². The number of anilines is 1. The molecule has 1 aromatic heterocycles. The number of rotatable bonds is 5. The van der Waals surface area contributed by atoms with Gasteiger partial charge in [0.2, 0.25) is 0 Å². The highest BCUT2D eigenvalue weighted by Crippen LogP contribution is 2.02. The molecule has 1 aromatic rings. The van der Waals surface area contributed by atoms with Crippen molar-refractivity contribution in [3.8, 4) is 0 Å². The fourth-order valence-electron chi connectivity index (χ4n) is 1.06. The first-order chi connectivity index (χ1) is 5.86. The maximum atomic E-state index is 4.34. The number of nitrogens with zero attached hydrogens (tertiary/aromatic N) is 2. The summed E-state index contributed by atoms with van der Waals surface area (Å²) < 4.78 is 1.97. The zero-order chi connectivity index (χ0) is 8.81. The summed E-state index contributed by atoms with van der Waals surface area (Å²) in [5, 5.41) is 7.58. The van der Waals surface area contributed by atoms with Crippen molar-refractivity contribution in [1.82, 2.24) is 9.78 Å². The first kappa shape index (κ1) is 9.10. The first-order valence-corrected chi connectivity index (χ1v) is 4.64. The van der Waals surface area contributed by atoms with Crippen molar-refractivity contribution in [2.75, 3.05) is 11.9 Å². The maximum Gasteiger partial charge on any atom is 0.147 e. The Kier molecular flexibility index (Phi) is 3.64. The topological polar surface area (TPSA) is 29.9 Å². The number of aromatic nitrogens is 2. The summed E-state index contributed by atoms with van der Waals surface area (Å²) in [6, 6.07) is 2.02. The van der Waals surface area contributed by atoms with Crippen molar-refractivity contribution < 1.29 is 0 Å². The van der Waals surface area contributed by atoms with E-state index in [0.717, 1.165) is 31.7 Å². The highest BCUT2D eigenvalue weighted by atomic mass is 15.3. The van der Waals surface area contributed by atoms with Crippen LogP contribution in [0.5, 0.6) is 0 Å². The van der Waals surface area contributed by atoms with E-state index in [0.29, 0.717) is 0 Å². The molecule has 1 rings (SSSR count). The molecule has 12 heavy (non-hydrogen) atoms. The molecule has 0 spiro atoms. The van der Waals surface area contributed by atoms with E-state index in [2.05, 4.69) is 24.3 Å². The van der Waals surface area contributed by atoms with Gasteiger partial charge in [0, 0.05) is 25.4 Å². The van der Waals surface area contributed by atoms with Gasteiger partial charge < -0.3 is 5.32 Å². The van der Waals surface area contributed by atoms with Gasteiger partial charge >= 0.3 is 0 Å². The zero-order valence-corrected chi connectivity index (χ0v) is 7.88. The Bertz CT molecular complexity index is 217. The predicted octanol–water partition coefficient (Wildman–Crippen LogP) is 2.11. The lowest BCUT2D eigenvalue weighted by atomic mass is 10.5. The van der Waals surface area contributed by atoms with Crippen LogP contribution < -0.4 is 5.32 Å². The molecule has 0 amide bonds. The fraction of sp³-hybridized carbons (Fsp3) is 0.667. The van der Waals surface area contributed by atoms with E-state index in [1.165, 1.54) is 0 Å². The second kappa shape index (κ2) is 4.80. The summed E-state index contributed by atoms with van der Waals surface area (Å²) in [7, 11) is 0. The lowest BCUT2D eigenvalue weighted by molar-refractivity contribution is 0.604. The summed E-state index contributed by atoms with van der Waals surface area (Å²) in [4.78, 5) is 0. The van der Waals surface area contributed by atoms with Gasteiger partial charge in [0.1, 0.15) is 5.82 Å². The Morgan fingerprint density at radius 2 is 2.25 bits per heavy atom. The Labute approximate surface area is 73.8 Å². The molecule has 3 nitrogen and oxygen atoms in total. The van der Waals surface area contributed by atoms with Gasteiger partial charge in [-0.05, 0) is 12.8 Å². The third-order valence-corrected chi connectivity index (χ3v) is 1.65. The van der Waals surface area contributed by atoms with Gasteiger partial charge in [-0.2, -0.15) is 5.10 Å². The second-order valence-electron chi connectivity index (χ2n) is 2.89. The Hall–Kier alpha value is -0.990. The molecule has 68 valence electrons. The summed E-state index contributed by atoms with van der Waals surface area (Å²) in [6.45, 7) is 6.31. The molecule has 0 bridgehead atoms. The third kappa shape index (κ3) is 2.57. The Balaban J connectivity index is 2.41. The SMILES string of the molecule is CCCNc1ccn(CCC)n1. The second-order valence-corrected chi connectivity index (χ2v) is 2.89. The van der Waals surface area contributed by atoms with Crippen LogP contribution in [0.1, 0.15) is 26.7 Å². The Morgan fingerprint density at radius 3 is 2.92 bits per heavy atom. The average Bonchev–Trinajstić information content (AvgIpc) is 2.50. The normalized spacial score (nSPS) is 10.2. The molecule has 1 N–H and O–H groups in total. The van der Waals surface area contributed by atoms with Crippen LogP contribution in [0.4, 0.5) is 5.82 Å². The molecule has 0 radical (unpaired) electrons. The van der Waals surface area contributed by atoms with E-state index >= 15 is 0 Å². The molecule has 0 fully saturated rings. The predicted molar refractivity (Wildman–Crippen MR) is 51.3 cm³/mol.